The van der Waals surface area contributed by atoms with Crippen LogP contribution in [0.1, 0.15) is 18.2 Å². The molecule has 0 bridgehead atoms. The molecule has 0 saturated carbocycles. The molecule has 1 saturated heterocycles. The van der Waals surface area contributed by atoms with Crippen LogP contribution in [-0.4, -0.2) is 45.3 Å². The van der Waals surface area contributed by atoms with Crippen LogP contribution in [0.15, 0.2) is 57.4 Å². The first-order valence-corrected chi connectivity index (χ1v) is 10.1. The number of hydrogen-bond donors (Lipinski definition) is 0. The van der Waals surface area contributed by atoms with Crippen molar-refractivity contribution < 1.29 is 4.42 Å². The number of rotatable bonds is 5. The summed E-state index contributed by atoms with van der Waals surface area (Å²) in [5, 5.41) is 9.68. The van der Waals surface area contributed by atoms with Crippen molar-refractivity contribution in [1.82, 2.24) is 19.7 Å². The van der Waals surface area contributed by atoms with E-state index in [1.807, 2.05) is 17.7 Å². The Bertz CT molecular complexity index is 905. The van der Waals surface area contributed by atoms with Gasteiger partial charge < -0.3 is 13.9 Å². The van der Waals surface area contributed by atoms with E-state index in [4.69, 9.17) is 4.42 Å². The average Bonchev–Trinajstić information content (AvgIpc) is 3.27. The molecule has 1 atom stereocenters. The monoisotopic (exact) mass is 383 g/mol. The van der Waals surface area contributed by atoms with E-state index in [1.54, 1.807) is 6.33 Å². The number of anilines is 1. The van der Waals surface area contributed by atoms with E-state index in [-0.39, 0.29) is 0 Å². The van der Waals surface area contributed by atoms with Gasteiger partial charge in [-0.3, -0.25) is 4.90 Å². The molecule has 0 amide bonds. The lowest BCUT2D eigenvalue weighted by Crippen LogP contribution is -2.51. The van der Waals surface area contributed by atoms with Gasteiger partial charge in [-0.05, 0) is 49.4 Å². The summed E-state index contributed by atoms with van der Waals surface area (Å²) in [5.41, 5.74) is 2.69. The molecule has 0 radical (unpaired) electrons. The lowest BCUT2D eigenvalue weighted by Gasteiger charge is -2.41. The molecule has 1 aliphatic heterocycles. The van der Waals surface area contributed by atoms with Gasteiger partial charge in [-0.1, -0.05) is 18.2 Å². The van der Waals surface area contributed by atoms with Crippen molar-refractivity contribution in [3.05, 3.63) is 54.0 Å². The van der Waals surface area contributed by atoms with E-state index >= 15 is 0 Å². The number of para-hydroxylation sites is 1. The van der Waals surface area contributed by atoms with Crippen molar-refractivity contribution in [2.75, 3.05) is 24.5 Å². The number of aromatic nitrogens is 3. The quantitative estimate of drug-likeness (QED) is 0.671. The maximum atomic E-state index is 6.02. The van der Waals surface area contributed by atoms with Crippen LogP contribution >= 0.6 is 11.8 Å². The predicted molar refractivity (Wildman–Crippen MR) is 107 cm³/mol. The Hall–Kier alpha value is -2.25. The fourth-order valence-corrected chi connectivity index (χ4v) is 4.26. The summed E-state index contributed by atoms with van der Waals surface area (Å²) in [5.74, 6) is 0.996. The molecule has 3 heterocycles. The predicted octanol–water partition coefficient (Wildman–Crippen LogP) is 3.58. The standard InChI is InChI=1S/C20H25N5OS/c1-15-6-4-5-7-18(15)25-11-10-24(16(2)12-25)13-17-8-9-19(26-17)27-20-22-21-14-23(20)3/h4-9,14,16H,10-13H2,1-3H3/t16-/m0/s1. The molecule has 6 nitrogen and oxygen atoms in total. The smallest absolute Gasteiger partial charge is 0.198 e. The molecule has 1 fully saturated rings. The number of aryl methyl sites for hydroxylation is 2. The normalized spacial score (nSPS) is 18.2. The fourth-order valence-electron chi connectivity index (χ4n) is 3.52. The number of furan rings is 1. The van der Waals surface area contributed by atoms with Crippen LogP contribution in [0.3, 0.4) is 0 Å². The Balaban J connectivity index is 1.37. The van der Waals surface area contributed by atoms with Gasteiger partial charge in [0, 0.05) is 38.4 Å². The first-order chi connectivity index (χ1) is 13.1. The number of piperazine rings is 1. The largest absolute Gasteiger partial charge is 0.453 e. The van der Waals surface area contributed by atoms with Crippen molar-refractivity contribution in [3.8, 4) is 0 Å². The molecule has 142 valence electrons. The highest BCUT2D eigenvalue weighted by molar-refractivity contribution is 7.99. The fraction of sp³-hybridized carbons (Fsp3) is 0.400. The third-order valence-corrected chi connectivity index (χ3v) is 6.05. The number of benzene rings is 1. The van der Waals surface area contributed by atoms with Crippen molar-refractivity contribution in [3.63, 3.8) is 0 Å². The Kier molecular flexibility index (Phi) is 5.22. The summed E-state index contributed by atoms with van der Waals surface area (Å²) in [6.07, 6.45) is 1.70. The summed E-state index contributed by atoms with van der Waals surface area (Å²) in [7, 11) is 1.93. The van der Waals surface area contributed by atoms with Crippen LogP contribution in [0, 0.1) is 6.92 Å². The van der Waals surface area contributed by atoms with Crippen LogP contribution in [0.25, 0.3) is 0 Å². The zero-order valence-corrected chi connectivity index (χ0v) is 16.8. The number of hydrogen-bond acceptors (Lipinski definition) is 6. The molecule has 4 rings (SSSR count). The van der Waals surface area contributed by atoms with Crippen molar-refractivity contribution in [2.45, 2.75) is 36.7 Å². The zero-order valence-electron chi connectivity index (χ0n) is 16.0. The van der Waals surface area contributed by atoms with Crippen LogP contribution in [0.5, 0.6) is 0 Å². The van der Waals surface area contributed by atoms with Gasteiger partial charge >= 0.3 is 0 Å². The van der Waals surface area contributed by atoms with Crippen LogP contribution in [-0.2, 0) is 13.6 Å². The number of nitrogens with zero attached hydrogens (tertiary/aromatic N) is 5. The third kappa shape index (κ3) is 4.04. The molecule has 1 aliphatic rings. The van der Waals surface area contributed by atoms with Gasteiger partial charge in [-0.25, -0.2) is 0 Å². The van der Waals surface area contributed by atoms with Crippen molar-refractivity contribution in [2.24, 2.45) is 7.05 Å². The Morgan fingerprint density at radius 1 is 1.19 bits per heavy atom. The lowest BCUT2D eigenvalue weighted by atomic mass is 10.1. The summed E-state index contributed by atoms with van der Waals surface area (Å²) in [4.78, 5) is 4.98. The minimum atomic E-state index is 0.471. The minimum Gasteiger partial charge on any atom is -0.453 e. The van der Waals surface area contributed by atoms with Gasteiger partial charge in [0.2, 0.25) is 0 Å². The van der Waals surface area contributed by atoms with Gasteiger partial charge in [0.15, 0.2) is 10.2 Å². The molecule has 27 heavy (non-hydrogen) atoms. The van der Waals surface area contributed by atoms with E-state index < -0.39 is 0 Å². The average molecular weight is 384 g/mol. The van der Waals surface area contributed by atoms with Crippen molar-refractivity contribution in [1.29, 1.82) is 0 Å². The maximum Gasteiger partial charge on any atom is 0.198 e. The van der Waals surface area contributed by atoms with Gasteiger partial charge in [0.25, 0.3) is 0 Å². The Morgan fingerprint density at radius 3 is 2.78 bits per heavy atom. The molecule has 0 unspecified atom stereocenters. The molecular formula is C20H25N5OS. The molecule has 3 aromatic rings. The Labute approximate surface area is 164 Å². The second-order valence-corrected chi connectivity index (χ2v) is 8.07. The highest BCUT2D eigenvalue weighted by atomic mass is 32.2. The minimum absolute atomic E-state index is 0.471. The van der Waals surface area contributed by atoms with Gasteiger partial charge in [-0.2, -0.15) is 0 Å². The molecular weight excluding hydrogens is 358 g/mol. The van der Waals surface area contributed by atoms with Gasteiger partial charge in [0.1, 0.15) is 12.1 Å². The second kappa shape index (κ2) is 7.78. The third-order valence-electron chi connectivity index (χ3n) is 5.08. The summed E-state index contributed by atoms with van der Waals surface area (Å²) >= 11 is 1.50. The Morgan fingerprint density at radius 2 is 2.04 bits per heavy atom. The molecule has 0 aliphatic carbocycles. The molecule has 0 N–H and O–H groups in total. The van der Waals surface area contributed by atoms with Crippen molar-refractivity contribution >= 4 is 17.4 Å². The van der Waals surface area contributed by atoms with E-state index in [0.29, 0.717) is 6.04 Å². The van der Waals surface area contributed by atoms with Gasteiger partial charge in [0.05, 0.1) is 6.54 Å². The van der Waals surface area contributed by atoms with Crippen LogP contribution < -0.4 is 4.90 Å². The summed E-state index contributed by atoms with van der Waals surface area (Å²) < 4.78 is 7.91. The highest BCUT2D eigenvalue weighted by Gasteiger charge is 2.25. The lowest BCUT2D eigenvalue weighted by molar-refractivity contribution is 0.165. The second-order valence-electron chi connectivity index (χ2n) is 7.10. The molecule has 1 aromatic carbocycles. The van der Waals surface area contributed by atoms with E-state index in [9.17, 15) is 0 Å². The highest BCUT2D eigenvalue weighted by Crippen LogP contribution is 2.28. The SMILES string of the molecule is Cc1ccccc1N1CCN(Cc2ccc(Sc3nncn3C)o2)[C@@H](C)C1. The van der Waals surface area contributed by atoms with Crippen LogP contribution in [0.2, 0.25) is 0 Å². The summed E-state index contributed by atoms with van der Waals surface area (Å²) in [6, 6.07) is 13.2. The van der Waals surface area contributed by atoms with Gasteiger partial charge in [-0.15, -0.1) is 10.2 Å². The molecule has 0 spiro atoms. The first kappa shape index (κ1) is 18.1. The molecule has 7 heteroatoms. The zero-order chi connectivity index (χ0) is 18.8. The molecule has 2 aromatic heterocycles. The van der Waals surface area contributed by atoms with E-state index in [2.05, 4.69) is 64.2 Å². The van der Waals surface area contributed by atoms with E-state index in [0.717, 1.165) is 42.2 Å². The summed E-state index contributed by atoms with van der Waals surface area (Å²) in [6.45, 7) is 8.42. The first-order valence-electron chi connectivity index (χ1n) is 9.25. The van der Waals surface area contributed by atoms with E-state index in [1.165, 1.54) is 23.0 Å². The van der Waals surface area contributed by atoms with Crippen LogP contribution in [0.4, 0.5) is 5.69 Å². The topological polar surface area (TPSA) is 50.3 Å². The maximum absolute atomic E-state index is 6.02.